The number of aliphatic hydroxyl groups is 1. The molecule has 4 rings (SSSR count). The molecule has 1 aliphatic rings. The molecule has 8 heteroatoms. The zero-order valence-corrected chi connectivity index (χ0v) is 18.6. The molecule has 6 nitrogen and oxygen atoms in total. The Labute approximate surface area is 185 Å². The van der Waals surface area contributed by atoms with Gasteiger partial charge in [-0.3, -0.25) is 9.80 Å². The summed E-state index contributed by atoms with van der Waals surface area (Å²) in [5.74, 6) is 1.13. The third-order valence-electron chi connectivity index (χ3n) is 5.39. The van der Waals surface area contributed by atoms with Crippen molar-refractivity contribution in [2.24, 2.45) is 0 Å². The van der Waals surface area contributed by atoms with Crippen LogP contribution in [-0.2, 0) is 0 Å². The number of aryl methyl sites for hydroxylation is 1. The first-order valence-corrected chi connectivity index (χ1v) is 11.4. The van der Waals surface area contributed by atoms with E-state index in [4.69, 9.17) is 9.47 Å². The van der Waals surface area contributed by atoms with Crippen LogP contribution in [0.2, 0.25) is 0 Å². The van der Waals surface area contributed by atoms with Crippen molar-refractivity contribution in [1.82, 2.24) is 14.8 Å². The molecular weight excluding hydrogens is 417 g/mol. The molecule has 1 unspecified atom stereocenters. The number of aromatic nitrogens is 1. The van der Waals surface area contributed by atoms with E-state index < -0.39 is 12.3 Å². The third-order valence-corrected chi connectivity index (χ3v) is 6.34. The van der Waals surface area contributed by atoms with Gasteiger partial charge in [0, 0.05) is 38.8 Å². The number of hydrogen-bond donors (Lipinski definition) is 1. The van der Waals surface area contributed by atoms with Crippen LogP contribution in [0.3, 0.4) is 0 Å². The topological polar surface area (TPSA) is 58.1 Å². The first-order chi connectivity index (χ1) is 15.0. The van der Waals surface area contributed by atoms with Gasteiger partial charge in [-0.25, -0.2) is 9.37 Å². The van der Waals surface area contributed by atoms with Crippen molar-refractivity contribution in [3.8, 4) is 11.5 Å². The minimum absolute atomic E-state index is 0.264. The average Bonchev–Trinajstić information content (AvgIpc) is 3.13. The Morgan fingerprint density at radius 1 is 1.10 bits per heavy atom. The fourth-order valence-electron chi connectivity index (χ4n) is 3.78. The lowest BCUT2D eigenvalue weighted by Gasteiger charge is -2.40. The number of aliphatic hydroxyl groups excluding tert-OH is 1. The summed E-state index contributed by atoms with van der Waals surface area (Å²) < 4.78 is 26.0. The molecule has 2 heterocycles. The Hall–Kier alpha value is -2.26. The van der Waals surface area contributed by atoms with Gasteiger partial charge in [-0.15, -0.1) is 11.3 Å². The van der Waals surface area contributed by atoms with Crippen molar-refractivity contribution < 1.29 is 19.0 Å². The number of benzene rings is 2. The van der Waals surface area contributed by atoms with Gasteiger partial charge in [0.05, 0.1) is 15.2 Å². The van der Waals surface area contributed by atoms with Crippen molar-refractivity contribution in [2.45, 2.75) is 26.2 Å². The fraction of sp³-hybridized carbons (Fsp3) is 0.435. The van der Waals surface area contributed by atoms with Gasteiger partial charge in [0.25, 0.3) is 0 Å². The normalized spacial score (nSPS) is 17.5. The van der Waals surface area contributed by atoms with E-state index in [0.717, 1.165) is 53.7 Å². The number of halogens is 1. The zero-order valence-electron chi connectivity index (χ0n) is 17.8. The minimum atomic E-state index is -0.624. The third kappa shape index (κ3) is 5.71. The van der Waals surface area contributed by atoms with Gasteiger partial charge in [0.15, 0.2) is 6.23 Å². The van der Waals surface area contributed by atoms with Crippen molar-refractivity contribution in [2.75, 3.05) is 39.3 Å². The lowest BCUT2D eigenvalue weighted by atomic mass is 10.2. The minimum Gasteiger partial charge on any atom is -0.492 e. The molecule has 166 valence electrons. The number of hydrogen-bond acceptors (Lipinski definition) is 7. The molecule has 0 spiro atoms. The molecule has 0 bridgehead atoms. The van der Waals surface area contributed by atoms with Crippen LogP contribution in [-0.4, -0.2) is 71.6 Å². The molecule has 0 saturated carbocycles. The Morgan fingerprint density at radius 3 is 2.52 bits per heavy atom. The van der Waals surface area contributed by atoms with Crippen LogP contribution in [0.25, 0.3) is 10.2 Å². The van der Waals surface area contributed by atoms with Gasteiger partial charge in [0.2, 0.25) is 0 Å². The van der Waals surface area contributed by atoms with Gasteiger partial charge in [-0.05, 0) is 50.2 Å². The summed E-state index contributed by atoms with van der Waals surface area (Å²) in [5, 5.41) is 11.4. The molecule has 1 fully saturated rings. The van der Waals surface area contributed by atoms with Crippen LogP contribution in [0, 0.1) is 12.7 Å². The largest absolute Gasteiger partial charge is 0.492 e. The second-order valence-corrected chi connectivity index (χ2v) is 9.03. The highest BCUT2D eigenvalue weighted by atomic mass is 32.1. The zero-order chi connectivity index (χ0) is 21.8. The molecule has 1 aromatic heterocycles. The maximum absolute atomic E-state index is 13.0. The van der Waals surface area contributed by atoms with E-state index in [2.05, 4.69) is 14.8 Å². The summed E-state index contributed by atoms with van der Waals surface area (Å²) in [5.41, 5.74) is 0.926. The number of piperazine rings is 1. The van der Waals surface area contributed by atoms with Gasteiger partial charge in [-0.2, -0.15) is 0 Å². The summed E-state index contributed by atoms with van der Waals surface area (Å²) in [6, 6.07) is 12.0. The lowest BCUT2D eigenvalue weighted by Crippen LogP contribution is -2.55. The molecule has 2 atom stereocenters. The number of rotatable bonds is 8. The second kappa shape index (κ2) is 9.91. The van der Waals surface area contributed by atoms with Crippen LogP contribution < -0.4 is 9.47 Å². The van der Waals surface area contributed by atoms with Crippen LogP contribution in [0.4, 0.5) is 4.39 Å². The molecule has 0 aliphatic carbocycles. The first-order valence-electron chi connectivity index (χ1n) is 10.5. The predicted octanol–water partition coefficient (Wildman–Crippen LogP) is 3.53. The quantitative estimate of drug-likeness (QED) is 0.573. The van der Waals surface area contributed by atoms with Gasteiger partial charge in [-0.1, -0.05) is 0 Å². The molecule has 1 aliphatic heterocycles. The van der Waals surface area contributed by atoms with E-state index in [1.165, 1.54) is 12.1 Å². The van der Waals surface area contributed by atoms with E-state index in [-0.39, 0.29) is 5.82 Å². The molecule has 31 heavy (non-hydrogen) atoms. The van der Waals surface area contributed by atoms with E-state index in [1.807, 2.05) is 25.1 Å². The van der Waals surface area contributed by atoms with Gasteiger partial charge < -0.3 is 14.6 Å². The summed E-state index contributed by atoms with van der Waals surface area (Å²) in [4.78, 5) is 9.03. The molecule has 0 radical (unpaired) electrons. The number of ether oxygens (including phenoxy) is 2. The van der Waals surface area contributed by atoms with E-state index in [1.54, 1.807) is 30.4 Å². The molecule has 1 saturated heterocycles. The molecular formula is C23H28FN3O3S. The monoisotopic (exact) mass is 445 g/mol. The Balaban J connectivity index is 1.28. The van der Waals surface area contributed by atoms with Gasteiger partial charge >= 0.3 is 0 Å². The van der Waals surface area contributed by atoms with Crippen molar-refractivity contribution in [1.29, 1.82) is 0 Å². The highest BCUT2D eigenvalue weighted by Gasteiger charge is 2.28. The Bertz CT molecular complexity index is 987. The fourth-order valence-corrected chi connectivity index (χ4v) is 4.59. The first kappa shape index (κ1) is 22.0. The smallest absolute Gasteiger partial charge is 0.178 e. The Kier molecular flexibility index (Phi) is 7.02. The average molecular weight is 446 g/mol. The van der Waals surface area contributed by atoms with E-state index in [9.17, 15) is 9.50 Å². The van der Waals surface area contributed by atoms with Crippen molar-refractivity contribution in [3.63, 3.8) is 0 Å². The highest BCUT2D eigenvalue weighted by Crippen LogP contribution is 2.27. The van der Waals surface area contributed by atoms with Crippen LogP contribution >= 0.6 is 11.3 Å². The van der Waals surface area contributed by atoms with Crippen molar-refractivity contribution in [3.05, 3.63) is 53.3 Å². The lowest BCUT2D eigenvalue weighted by molar-refractivity contribution is -0.0749. The van der Waals surface area contributed by atoms with E-state index >= 15 is 0 Å². The summed E-state index contributed by atoms with van der Waals surface area (Å²) in [6.07, 6.45) is -1.03. The predicted molar refractivity (Wildman–Crippen MR) is 120 cm³/mol. The Morgan fingerprint density at radius 2 is 1.81 bits per heavy atom. The molecule has 2 aromatic carbocycles. The number of fused-ring (bicyclic) bond motifs is 1. The van der Waals surface area contributed by atoms with Crippen LogP contribution in [0.15, 0.2) is 42.5 Å². The standard InChI is InChI=1S/C23H28FN3O3S/c1-16(28)23(30-20-7-8-22-21(15-20)25-17(2)31-22)27-11-9-26(10-12-27)13-14-29-19-5-3-18(24)4-6-19/h3-8,15-16,23,28H,9-14H2,1-2H3/t16-,23?/m1/s1. The van der Waals surface area contributed by atoms with Gasteiger partial charge in [0.1, 0.15) is 30.0 Å². The summed E-state index contributed by atoms with van der Waals surface area (Å²) in [6.45, 7) is 8.43. The maximum atomic E-state index is 13.0. The van der Waals surface area contributed by atoms with Crippen LogP contribution in [0.5, 0.6) is 11.5 Å². The number of thiazole rings is 1. The summed E-state index contributed by atoms with van der Waals surface area (Å²) >= 11 is 1.66. The summed E-state index contributed by atoms with van der Waals surface area (Å²) in [7, 11) is 0. The van der Waals surface area contributed by atoms with Crippen LogP contribution in [0.1, 0.15) is 11.9 Å². The SMILES string of the molecule is Cc1nc2cc(OC([C@@H](C)O)N3CCN(CCOc4ccc(F)cc4)CC3)ccc2s1. The maximum Gasteiger partial charge on any atom is 0.178 e. The van der Waals surface area contributed by atoms with Crippen molar-refractivity contribution >= 4 is 21.6 Å². The molecule has 1 N–H and O–H groups in total. The molecule has 3 aromatic rings. The second-order valence-electron chi connectivity index (χ2n) is 7.79. The molecule has 0 amide bonds. The number of nitrogens with zero attached hydrogens (tertiary/aromatic N) is 3. The highest BCUT2D eigenvalue weighted by molar-refractivity contribution is 7.18. The van der Waals surface area contributed by atoms with E-state index in [0.29, 0.717) is 12.4 Å².